The minimum Gasteiger partial charge on any atom is -0.453 e. The van der Waals surface area contributed by atoms with E-state index in [1.807, 2.05) is 6.92 Å². The van der Waals surface area contributed by atoms with Gasteiger partial charge in [-0.2, -0.15) is 0 Å². The van der Waals surface area contributed by atoms with Gasteiger partial charge in [0.25, 0.3) is 0 Å². The maximum absolute atomic E-state index is 11.0. The van der Waals surface area contributed by atoms with Crippen molar-refractivity contribution in [1.29, 1.82) is 0 Å². The van der Waals surface area contributed by atoms with E-state index in [1.54, 1.807) is 13.0 Å². The van der Waals surface area contributed by atoms with Gasteiger partial charge in [-0.3, -0.25) is 0 Å². The number of rotatable bonds is 6. The monoisotopic (exact) mass is 212 g/mol. The third-order valence-electron chi connectivity index (χ3n) is 2.59. The highest BCUT2D eigenvalue weighted by atomic mass is 17.2. The number of hydrogen-bond acceptors (Lipinski definition) is 4. The number of carbonyl (C=O) groups excluding carboxylic acids is 1. The van der Waals surface area contributed by atoms with Gasteiger partial charge in [-0.1, -0.05) is 12.7 Å². The first-order chi connectivity index (χ1) is 6.97. The first kappa shape index (κ1) is 11.9. The Labute approximate surface area is 89.4 Å². The molecule has 15 heavy (non-hydrogen) atoms. The van der Waals surface area contributed by atoms with E-state index < -0.39 is 17.2 Å². The smallest absolute Gasteiger partial charge is 0.330 e. The molecule has 0 amide bonds. The Balaban J connectivity index is 2.43. The van der Waals surface area contributed by atoms with E-state index in [0.29, 0.717) is 13.0 Å². The van der Waals surface area contributed by atoms with Gasteiger partial charge in [0.15, 0.2) is 0 Å². The topological polar surface area (TPSA) is 44.8 Å². The second-order valence-electron chi connectivity index (χ2n) is 3.92. The van der Waals surface area contributed by atoms with Crippen molar-refractivity contribution in [2.75, 3.05) is 6.61 Å². The summed E-state index contributed by atoms with van der Waals surface area (Å²) in [7, 11) is 0. The van der Waals surface area contributed by atoms with Crippen LogP contribution in [-0.2, 0) is 19.3 Å². The predicted octanol–water partition coefficient (Wildman–Crippen LogP) is 1.77. The first-order valence-electron chi connectivity index (χ1n) is 4.74. The van der Waals surface area contributed by atoms with Crippen molar-refractivity contribution in [3.05, 3.63) is 25.3 Å². The van der Waals surface area contributed by atoms with Crippen molar-refractivity contribution in [2.45, 2.75) is 31.5 Å². The van der Waals surface area contributed by atoms with Crippen LogP contribution in [0, 0.1) is 0 Å². The lowest BCUT2D eigenvalue weighted by molar-refractivity contribution is -0.334. The Bertz CT molecular complexity index is 286. The summed E-state index contributed by atoms with van der Waals surface area (Å²) in [6.07, 6.45) is 3.32. The van der Waals surface area contributed by atoms with Crippen molar-refractivity contribution in [1.82, 2.24) is 0 Å². The molecule has 4 heteroatoms. The molecule has 2 unspecified atom stereocenters. The predicted molar refractivity (Wildman–Crippen MR) is 55.0 cm³/mol. The quantitative estimate of drug-likeness (QED) is 0.168. The number of esters is 1. The van der Waals surface area contributed by atoms with Gasteiger partial charge < -0.3 is 4.74 Å². The SMILES string of the molecule is C=CCOOC1(C)CC1(C)OC(=O)C=C. The van der Waals surface area contributed by atoms with Gasteiger partial charge >= 0.3 is 5.97 Å². The van der Waals surface area contributed by atoms with Crippen LogP contribution in [0.4, 0.5) is 0 Å². The van der Waals surface area contributed by atoms with Gasteiger partial charge in [-0.25, -0.2) is 14.6 Å². The molecule has 2 atom stereocenters. The van der Waals surface area contributed by atoms with Gasteiger partial charge in [0, 0.05) is 12.5 Å². The molecule has 0 aromatic heterocycles. The fourth-order valence-electron chi connectivity index (χ4n) is 1.34. The third kappa shape index (κ3) is 2.46. The lowest BCUT2D eigenvalue weighted by Crippen LogP contribution is -2.28. The molecule has 1 rings (SSSR count). The molecule has 0 aromatic rings. The lowest BCUT2D eigenvalue weighted by Gasteiger charge is -2.17. The summed E-state index contributed by atoms with van der Waals surface area (Å²) >= 11 is 0. The van der Waals surface area contributed by atoms with Crippen LogP contribution >= 0.6 is 0 Å². The van der Waals surface area contributed by atoms with Crippen LogP contribution in [0.1, 0.15) is 20.3 Å². The molecule has 1 aliphatic carbocycles. The van der Waals surface area contributed by atoms with Crippen molar-refractivity contribution < 1.29 is 19.3 Å². The zero-order chi connectivity index (χ0) is 11.5. The summed E-state index contributed by atoms with van der Waals surface area (Å²) in [4.78, 5) is 21.1. The number of carbonyl (C=O) groups is 1. The molecule has 0 spiro atoms. The van der Waals surface area contributed by atoms with E-state index in [0.717, 1.165) is 6.08 Å². The van der Waals surface area contributed by atoms with Gasteiger partial charge in [-0.15, -0.1) is 6.58 Å². The normalized spacial score (nSPS) is 33.2. The van der Waals surface area contributed by atoms with Gasteiger partial charge in [0.1, 0.15) is 17.8 Å². The summed E-state index contributed by atoms with van der Waals surface area (Å²) in [6, 6.07) is 0. The van der Waals surface area contributed by atoms with Crippen LogP contribution in [0.15, 0.2) is 25.3 Å². The van der Waals surface area contributed by atoms with Crippen molar-refractivity contribution in [3.63, 3.8) is 0 Å². The maximum Gasteiger partial charge on any atom is 0.330 e. The third-order valence-corrected chi connectivity index (χ3v) is 2.59. The summed E-state index contributed by atoms with van der Waals surface area (Å²) in [5, 5.41) is 0. The molecule has 0 N–H and O–H groups in total. The Morgan fingerprint density at radius 1 is 1.40 bits per heavy atom. The highest BCUT2D eigenvalue weighted by Gasteiger charge is 2.67. The molecule has 0 heterocycles. The number of hydrogen-bond donors (Lipinski definition) is 0. The van der Waals surface area contributed by atoms with Gasteiger partial charge in [0.2, 0.25) is 0 Å². The molecule has 1 saturated carbocycles. The van der Waals surface area contributed by atoms with Crippen LogP contribution in [-0.4, -0.2) is 23.8 Å². The van der Waals surface area contributed by atoms with E-state index in [9.17, 15) is 4.79 Å². The zero-order valence-corrected chi connectivity index (χ0v) is 9.12. The molecule has 1 aliphatic rings. The lowest BCUT2D eigenvalue weighted by atomic mass is 10.2. The molecule has 0 aliphatic heterocycles. The van der Waals surface area contributed by atoms with Crippen LogP contribution in [0.5, 0.6) is 0 Å². The highest BCUT2D eigenvalue weighted by Crippen LogP contribution is 2.53. The van der Waals surface area contributed by atoms with E-state index in [-0.39, 0.29) is 0 Å². The minimum absolute atomic E-state index is 0.307. The van der Waals surface area contributed by atoms with Crippen molar-refractivity contribution in [2.24, 2.45) is 0 Å². The van der Waals surface area contributed by atoms with Gasteiger partial charge in [-0.05, 0) is 13.8 Å². The Morgan fingerprint density at radius 3 is 2.60 bits per heavy atom. The fraction of sp³-hybridized carbons (Fsp3) is 0.545. The standard InChI is InChI=1S/C11H16O4/c1-5-7-13-15-11(4)8-10(11,3)14-9(12)6-2/h5-6H,1-2,7-8H2,3-4H3. The summed E-state index contributed by atoms with van der Waals surface area (Å²) < 4.78 is 5.16. The maximum atomic E-state index is 11.0. The molecular formula is C11H16O4. The van der Waals surface area contributed by atoms with E-state index in [1.165, 1.54) is 0 Å². The first-order valence-corrected chi connectivity index (χ1v) is 4.74. The second-order valence-corrected chi connectivity index (χ2v) is 3.92. The summed E-state index contributed by atoms with van der Waals surface area (Å²) in [5.41, 5.74) is -1.20. The number of ether oxygens (including phenoxy) is 1. The minimum atomic E-state index is -0.626. The molecule has 0 bridgehead atoms. The molecule has 0 aromatic carbocycles. The zero-order valence-electron chi connectivity index (χ0n) is 9.12. The Hall–Kier alpha value is -1.13. The fourth-order valence-corrected chi connectivity index (χ4v) is 1.34. The van der Waals surface area contributed by atoms with Crippen LogP contribution in [0.25, 0.3) is 0 Å². The molecular weight excluding hydrogens is 196 g/mol. The van der Waals surface area contributed by atoms with E-state index in [4.69, 9.17) is 14.5 Å². The highest BCUT2D eigenvalue weighted by molar-refractivity contribution is 5.82. The average molecular weight is 212 g/mol. The van der Waals surface area contributed by atoms with Crippen LogP contribution in [0.2, 0.25) is 0 Å². The Morgan fingerprint density at radius 2 is 2.07 bits per heavy atom. The van der Waals surface area contributed by atoms with E-state index >= 15 is 0 Å². The Kier molecular flexibility index (Phi) is 3.31. The van der Waals surface area contributed by atoms with Crippen LogP contribution in [0.3, 0.4) is 0 Å². The summed E-state index contributed by atoms with van der Waals surface area (Å²) in [6.45, 7) is 10.8. The molecule has 0 radical (unpaired) electrons. The van der Waals surface area contributed by atoms with Gasteiger partial charge in [0.05, 0.1) is 0 Å². The van der Waals surface area contributed by atoms with Crippen LogP contribution < -0.4 is 0 Å². The molecule has 1 fully saturated rings. The van der Waals surface area contributed by atoms with E-state index in [2.05, 4.69) is 13.2 Å². The molecule has 84 valence electrons. The van der Waals surface area contributed by atoms with Crippen molar-refractivity contribution >= 4 is 5.97 Å². The summed E-state index contributed by atoms with van der Waals surface area (Å²) in [5.74, 6) is -0.450. The van der Waals surface area contributed by atoms with Crippen molar-refractivity contribution in [3.8, 4) is 0 Å². The second kappa shape index (κ2) is 4.16. The average Bonchev–Trinajstić information content (AvgIpc) is 2.69. The molecule has 4 nitrogen and oxygen atoms in total. The largest absolute Gasteiger partial charge is 0.453 e. The molecule has 0 saturated heterocycles.